The van der Waals surface area contributed by atoms with Crippen molar-refractivity contribution < 1.29 is 33.6 Å². The van der Waals surface area contributed by atoms with Gasteiger partial charge in [0.05, 0.1) is 39.0 Å². The van der Waals surface area contributed by atoms with Gasteiger partial charge in [0.1, 0.15) is 35.4 Å². The molecule has 1 saturated heterocycles. The number of Topliss-reactive ketones (excluding diaryl/α,β-unsaturated/α-hetero) is 1. The van der Waals surface area contributed by atoms with E-state index in [9.17, 15) is 14.7 Å². The molecule has 1 N–H and O–H groups in total. The molecule has 3 aromatic carbocycles. The van der Waals surface area contributed by atoms with Gasteiger partial charge in [-0.2, -0.15) is 0 Å². The van der Waals surface area contributed by atoms with Crippen LogP contribution in [0.5, 0.6) is 23.0 Å². The fraction of sp³-hybridized carbons (Fsp3) is 0.312. The molecular weight excluding hydrogens is 510 g/mol. The number of hydrogen-bond donors (Lipinski definition) is 1. The molecule has 3 aromatic rings. The predicted octanol–water partition coefficient (Wildman–Crippen LogP) is 5.55. The highest BCUT2D eigenvalue weighted by atomic mass is 16.5. The number of nitrogens with zero attached hydrogens (tertiary/aromatic N) is 1. The lowest BCUT2D eigenvalue weighted by molar-refractivity contribution is -0.140. The van der Waals surface area contributed by atoms with Crippen LogP contribution in [0.2, 0.25) is 0 Å². The lowest BCUT2D eigenvalue weighted by atomic mass is 9.94. The number of benzene rings is 3. The Balaban J connectivity index is 1.68. The van der Waals surface area contributed by atoms with E-state index in [0.717, 1.165) is 5.56 Å². The van der Waals surface area contributed by atoms with E-state index in [0.29, 0.717) is 46.6 Å². The molecule has 0 spiro atoms. The fourth-order valence-corrected chi connectivity index (χ4v) is 4.57. The monoisotopic (exact) mass is 545 g/mol. The van der Waals surface area contributed by atoms with E-state index in [-0.39, 0.29) is 24.5 Å². The summed E-state index contributed by atoms with van der Waals surface area (Å²) < 4.78 is 22.3. The molecule has 8 nitrogen and oxygen atoms in total. The van der Waals surface area contributed by atoms with Gasteiger partial charge in [0.2, 0.25) is 0 Å². The Hall–Kier alpha value is -4.46. The van der Waals surface area contributed by atoms with E-state index in [1.54, 1.807) is 80.9 Å². The van der Waals surface area contributed by atoms with Crippen molar-refractivity contribution in [3.8, 4) is 23.0 Å². The summed E-state index contributed by atoms with van der Waals surface area (Å²) in [5, 5.41) is 11.4. The Kier molecular flexibility index (Phi) is 8.99. The van der Waals surface area contributed by atoms with Gasteiger partial charge in [-0.25, -0.2) is 0 Å². The highest BCUT2D eigenvalue weighted by Gasteiger charge is 2.46. The third kappa shape index (κ3) is 6.22. The zero-order chi connectivity index (χ0) is 28.8. The highest BCUT2D eigenvalue weighted by Crippen LogP contribution is 2.40. The fourth-order valence-electron chi connectivity index (χ4n) is 4.57. The maximum Gasteiger partial charge on any atom is 0.295 e. The van der Waals surface area contributed by atoms with Gasteiger partial charge in [-0.1, -0.05) is 26.0 Å². The summed E-state index contributed by atoms with van der Waals surface area (Å²) in [5.41, 5.74) is 1.88. The van der Waals surface area contributed by atoms with Crippen molar-refractivity contribution in [3.63, 3.8) is 0 Å². The Labute approximate surface area is 234 Å². The number of rotatable bonds is 11. The predicted molar refractivity (Wildman–Crippen MR) is 152 cm³/mol. The number of amides is 1. The normalized spacial score (nSPS) is 16.4. The molecule has 0 radical (unpaired) electrons. The third-order valence-corrected chi connectivity index (χ3v) is 6.63. The number of ether oxygens (including phenoxy) is 4. The van der Waals surface area contributed by atoms with Crippen molar-refractivity contribution in [2.45, 2.75) is 26.8 Å². The van der Waals surface area contributed by atoms with Crippen LogP contribution in [-0.2, 0) is 9.59 Å². The summed E-state index contributed by atoms with van der Waals surface area (Å²) in [6, 6.07) is 18.6. The summed E-state index contributed by atoms with van der Waals surface area (Å²) in [5.74, 6) is 1.22. The van der Waals surface area contributed by atoms with Gasteiger partial charge in [-0.15, -0.1) is 0 Å². The first-order valence-electron chi connectivity index (χ1n) is 13.2. The molecular formula is C32H35NO7. The van der Waals surface area contributed by atoms with E-state index >= 15 is 0 Å². The number of ketones is 1. The number of aliphatic hydroxyl groups is 1. The first-order chi connectivity index (χ1) is 19.2. The second kappa shape index (κ2) is 12.6. The molecule has 0 aromatic heterocycles. The molecule has 1 aliphatic heterocycles. The number of carbonyl (C=O) groups is 2. The minimum Gasteiger partial charge on any atom is -0.507 e. The second-order valence-corrected chi connectivity index (χ2v) is 9.98. The number of methoxy groups -OCH3 is 2. The SMILES string of the molecule is COc1ccc(OCCN2C(=O)C(=O)/C(=C(\O)c3ccc(OCC(C)C)c(C)c3)C2c2cccc(OC)c2)cc1. The van der Waals surface area contributed by atoms with E-state index in [1.165, 1.54) is 4.90 Å². The molecule has 210 valence electrons. The number of carbonyl (C=O) groups excluding carboxylic acids is 2. The van der Waals surface area contributed by atoms with Crippen molar-refractivity contribution >= 4 is 17.4 Å². The van der Waals surface area contributed by atoms with E-state index in [1.807, 2.05) is 6.92 Å². The Morgan fingerprint density at radius 1 is 0.900 bits per heavy atom. The van der Waals surface area contributed by atoms with Crippen molar-refractivity contribution in [1.29, 1.82) is 0 Å². The first kappa shape index (κ1) is 28.5. The number of likely N-dealkylation sites (tertiary alicyclic amines) is 1. The lowest BCUT2D eigenvalue weighted by Crippen LogP contribution is -2.33. The minimum absolute atomic E-state index is 0.0120. The summed E-state index contributed by atoms with van der Waals surface area (Å²) >= 11 is 0. The topological polar surface area (TPSA) is 94.5 Å². The maximum atomic E-state index is 13.4. The average molecular weight is 546 g/mol. The van der Waals surface area contributed by atoms with Gasteiger partial charge in [0.25, 0.3) is 11.7 Å². The summed E-state index contributed by atoms with van der Waals surface area (Å²) in [6.45, 7) is 6.83. The molecule has 4 rings (SSSR count). The molecule has 8 heteroatoms. The Morgan fingerprint density at radius 2 is 1.60 bits per heavy atom. The molecule has 1 heterocycles. The van der Waals surface area contributed by atoms with E-state index in [4.69, 9.17) is 18.9 Å². The van der Waals surface area contributed by atoms with Crippen molar-refractivity contribution in [3.05, 3.63) is 89.0 Å². The Morgan fingerprint density at radius 3 is 2.25 bits per heavy atom. The molecule has 1 unspecified atom stereocenters. The molecule has 0 bridgehead atoms. The second-order valence-electron chi connectivity index (χ2n) is 9.98. The summed E-state index contributed by atoms with van der Waals surface area (Å²) in [6.07, 6.45) is 0. The van der Waals surface area contributed by atoms with E-state index in [2.05, 4.69) is 13.8 Å². The van der Waals surface area contributed by atoms with Crippen molar-refractivity contribution in [2.24, 2.45) is 5.92 Å². The summed E-state index contributed by atoms with van der Waals surface area (Å²) in [7, 11) is 3.13. The van der Waals surface area contributed by atoms with Gasteiger partial charge < -0.3 is 29.0 Å². The van der Waals surface area contributed by atoms with Crippen LogP contribution in [0.1, 0.15) is 36.6 Å². The zero-order valence-electron chi connectivity index (χ0n) is 23.5. The molecule has 1 fully saturated rings. The number of hydrogen-bond acceptors (Lipinski definition) is 7. The molecule has 1 aliphatic rings. The lowest BCUT2D eigenvalue weighted by Gasteiger charge is -2.25. The molecule has 1 amide bonds. The van der Waals surface area contributed by atoms with Crippen LogP contribution in [0.25, 0.3) is 5.76 Å². The van der Waals surface area contributed by atoms with Crippen molar-refractivity contribution in [1.82, 2.24) is 4.90 Å². The molecule has 1 atom stereocenters. The molecule has 0 aliphatic carbocycles. The van der Waals surface area contributed by atoms with Crippen molar-refractivity contribution in [2.75, 3.05) is 34.0 Å². The summed E-state index contributed by atoms with van der Waals surface area (Å²) in [4.78, 5) is 28.1. The van der Waals surface area contributed by atoms with Crippen LogP contribution in [0.15, 0.2) is 72.3 Å². The van der Waals surface area contributed by atoms with Crippen LogP contribution in [0, 0.1) is 12.8 Å². The third-order valence-electron chi connectivity index (χ3n) is 6.63. The minimum atomic E-state index is -0.827. The van der Waals surface area contributed by atoms with Crippen LogP contribution < -0.4 is 18.9 Å². The van der Waals surface area contributed by atoms with Gasteiger partial charge >= 0.3 is 0 Å². The molecule has 0 saturated carbocycles. The molecule has 40 heavy (non-hydrogen) atoms. The average Bonchev–Trinajstić information content (AvgIpc) is 3.21. The quantitative estimate of drug-likeness (QED) is 0.192. The smallest absolute Gasteiger partial charge is 0.295 e. The van der Waals surface area contributed by atoms with Gasteiger partial charge in [0.15, 0.2) is 0 Å². The largest absolute Gasteiger partial charge is 0.507 e. The van der Waals surface area contributed by atoms with E-state index < -0.39 is 17.7 Å². The zero-order valence-corrected chi connectivity index (χ0v) is 23.5. The van der Waals surface area contributed by atoms with Gasteiger partial charge in [-0.05, 0) is 78.6 Å². The first-order valence-corrected chi connectivity index (χ1v) is 13.2. The van der Waals surface area contributed by atoms with Gasteiger partial charge in [-0.3, -0.25) is 9.59 Å². The van der Waals surface area contributed by atoms with Crippen LogP contribution in [0.3, 0.4) is 0 Å². The Bertz CT molecular complexity index is 1390. The standard InChI is InChI=1S/C32H35NO7/c1-20(2)19-40-27-14-9-23(17-21(27)3)30(34)28-29(22-7-6-8-26(18-22)38-5)33(32(36)31(28)35)15-16-39-25-12-10-24(37-4)11-13-25/h6-14,17-18,20,29,34H,15-16,19H2,1-5H3/b30-28-. The number of aryl methyl sites for hydroxylation is 1. The van der Waals surface area contributed by atoms with Crippen LogP contribution in [0.4, 0.5) is 0 Å². The highest BCUT2D eigenvalue weighted by molar-refractivity contribution is 6.46. The van der Waals surface area contributed by atoms with Crippen LogP contribution >= 0.6 is 0 Å². The maximum absolute atomic E-state index is 13.4. The van der Waals surface area contributed by atoms with Gasteiger partial charge in [0, 0.05) is 5.56 Å². The number of aliphatic hydroxyl groups excluding tert-OH is 1. The van der Waals surface area contributed by atoms with Crippen LogP contribution in [-0.4, -0.2) is 55.7 Å².